The van der Waals surface area contributed by atoms with Gasteiger partial charge in [-0.25, -0.2) is 4.79 Å². The predicted octanol–water partition coefficient (Wildman–Crippen LogP) is 3.62. The largest absolute Gasteiger partial charge is 0.462 e. The Morgan fingerprint density at radius 2 is 1.80 bits per heavy atom. The Morgan fingerprint density at radius 3 is 2.20 bits per heavy atom. The molecule has 0 saturated carbocycles. The lowest BCUT2D eigenvalue weighted by atomic mass is 10.0. The third-order valence-electron chi connectivity index (χ3n) is 2.09. The zero-order valence-electron chi connectivity index (χ0n) is 8.91. The molecule has 1 rings (SSSR count). The first-order chi connectivity index (χ1) is 6.65. The van der Waals surface area contributed by atoms with E-state index in [2.05, 4.69) is 13.8 Å². The van der Waals surface area contributed by atoms with Crippen molar-refractivity contribution in [3.05, 3.63) is 35.4 Å². The van der Waals surface area contributed by atoms with Crippen LogP contribution in [0.4, 0.5) is 0 Å². The lowest BCUT2D eigenvalue weighted by Gasteiger charge is -2.06. The molecule has 0 aliphatic rings. The highest BCUT2D eigenvalue weighted by molar-refractivity contribution is 5.89. The maximum atomic E-state index is 11.3. The van der Waals surface area contributed by atoms with Gasteiger partial charge >= 0.3 is 5.97 Å². The van der Waals surface area contributed by atoms with E-state index in [9.17, 15) is 4.79 Å². The molecule has 0 saturated heterocycles. The zero-order valence-corrected chi connectivity index (χ0v) is 8.91. The third-order valence-corrected chi connectivity index (χ3v) is 2.09. The van der Waals surface area contributed by atoms with E-state index in [4.69, 9.17) is 4.74 Å². The average molecular weight is 208 g/mol. The first kappa shape index (κ1) is 13.7. The van der Waals surface area contributed by atoms with Gasteiger partial charge in [-0.05, 0) is 30.5 Å². The Hall–Kier alpha value is -1.31. The molecule has 0 N–H and O–H groups in total. The third kappa shape index (κ3) is 3.74. The van der Waals surface area contributed by atoms with Crippen LogP contribution in [-0.2, 0) is 4.74 Å². The summed E-state index contributed by atoms with van der Waals surface area (Å²) in [6.45, 7) is 6.48. The normalized spacial score (nSPS) is 9.60. The van der Waals surface area contributed by atoms with Crippen LogP contribution >= 0.6 is 0 Å². The van der Waals surface area contributed by atoms with Crippen LogP contribution in [0.25, 0.3) is 0 Å². The molecule has 0 fully saturated rings. The summed E-state index contributed by atoms with van der Waals surface area (Å²) in [6, 6.07) is 7.56. The molecule has 0 radical (unpaired) electrons. The Kier molecular flexibility index (Phi) is 5.68. The van der Waals surface area contributed by atoms with Crippen LogP contribution in [0.1, 0.15) is 50.0 Å². The summed E-state index contributed by atoms with van der Waals surface area (Å²) in [5.41, 5.74) is 1.86. The molecule has 1 aromatic carbocycles. The van der Waals surface area contributed by atoms with Gasteiger partial charge in [-0.1, -0.05) is 33.4 Å². The molecule has 0 aliphatic heterocycles. The minimum absolute atomic E-state index is 0. The number of benzene rings is 1. The summed E-state index contributed by atoms with van der Waals surface area (Å²) in [4.78, 5) is 11.3. The monoisotopic (exact) mass is 208 g/mol. The van der Waals surface area contributed by atoms with Gasteiger partial charge in [0.05, 0.1) is 12.2 Å². The molecule has 2 nitrogen and oxygen atoms in total. The second kappa shape index (κ2) is 6.23. The number of rotatable bonds is 3. The van der Waals surface area contributed by atoms with Crippen molar-refractivity contribution in [2.45, 2.75) is 34.1 Å². The van der Waals surface area contributed by atoms with Gasteiger partial charge in [0.2, 0.25) is 0 Å². The lowest BCUT2D eigenvalue weighted by Crippen LogP contribution is -2.04. The first-order valence-corrected chi connectivity index (χ1v) is 4.92. The van der Waals surface area contributed by atoms with E-state index < -0.39 is 0 Å². The van der Waals surface area contributed by atoms with Gasteiger partial charge < -0.3 is 4.74 Å². The van der Waals surface area contributed by atoms with Gasteiger partial charge in [0, 0.05) is 0 Å². The zero-order chi connectivity index (χ0) is 10.6. The quantitative estimate of drug-likeness (QED) is 0.709. The molecule has 0 heterocycles. The topological polar surface area (TPSA) is 26.3 Å². The van der Waals surface area contributed by atoms with Crippen LogP contribution in [0.5, 0.6) is 0 Å². The number of carbonyl (C=O) groups is 1. The Bertz CT molecular complexity index is 299. The van der Waals surface area contributed by atoms with E-state index in [1.807, 2.05) is 24.3 Å². The number of esters is 1. The summed E-state index contributed by atoms with van der Waals surface area (Å²) in [6.07, 6.45) is 0. The van der Waals surface area contributed by atoms with Crippen LogP contribution in [0.3, 0.4) is 0 Å². The summed E-state index contributed by atoms with van der Waals surface area (Å²) >= 11 is 0. The van der Waals surface area contributed by atoms with Crippen LogP contribution in [-0.4, -0.2) is 12.6 Å². The minimum Gasteiger partial charge on any atom is -0.462 e. The highest BCUT2D eigenvalue weighted by Gasteiger charge is 2.06. The van der Waals surface area contributed by atoms with Crippen LogP contribution in [0, 0.1) is 0 Å². The van der Waals surface area contributed by atoms with Crippen molar-refractivity contribution < 1.29 is 9.53 Å². The van der Waals surface area contributed by atoms with E-state index in [-0.39, 0.29) is 13.4 Å². The maximum absolute atomic E-state index is 11.3. The fourth-order valence-corrected chi connectivity index (χ4v) is 1.22. The number of hydrogen-bond donors (Lipinski definition) is 0. The first-order valence-electron chi connectivity index (χ1n) is 4.92. The summed E-state index contributed by atoms with van der Waals surface area (Å²) in [5.74, 6) is 0.244. The molecule has 0 bridgehead atoms. The number of carbonyl (C=O) groups excluding carboxylic acids is 1. The fraction of sp³-hybridized carbons (Fsp3) is 0.462. The molecule has 0 aliphatic carbocycles. The fourth-order valence-electron chi connectivity index (χ4n) is 1.22. The second-order valence-electron chi connectivity index (χ2n) is 3.50. The van der Waals surface area contributed by atoms with E-state index in [1.165, 1.54) is 5.56 Å². The van der Waals surface area contributed by atoms with Crippen LogP contribution in [0.15, 0.2) is 24.3 Å². The Labute approximate surface area is 92.3 Å². The molecule has 0 atom stereocenters. The van der Waals surface area contributed by atoms with Crippen molar-refractivity contribution in [1.29, 1.82) is 0 Å². The van der Waals surface area contributed by atoms with Gasteiger partial charge in [-0.2, -0.15) is 0 Å². The molecular weight excluding hydrogens is 188 g/mol. The molecule has 1 aromatic rings. The van der Waals surface area contributed by atoms with Gasteiger partial charge in [-0.3, -0.25) is 0 Å². The second-order valence-corrected chi connectivity index (χ2v) is 3.50. The molecular formula is C13H20O2. The van der Waals surface area contributed by atoms with Gasteiger partial charge in [0.25, 0.3) is 0 Å². The van der Waals surface area contributed by atoms with Crippen molar-refractivity contribution in [3.63, 3.8) is 0 Å². The maximum Gasteiger partial charge on any atom is 0.338 e. The minimum atomic E-state index is -0.247. The van der Waals surface area contributed by atoms with Crippen LogP contribution in [0.2, 0.25) is 0 Å². The highest BCUT2D eigenvalue weighted by Crippen LogP contribution is 2.14. The van der Waals surface area contributed by atoms with Crippen molar-refractivity contribution in [2.75, 3.05) is 6.61 Å². The predicted molar refractivity (Wildman–Crippen MR) is 63.2 cm³/mol. The summed E-state index contributed by atoms with van der Waals surface area (Å²) in [5, 5.41) is 0. The van der Waals surface area contributed by atoms with Gasteiger partial charge in [-0.15, -0.1) is 0 Å². The standard InChI is InChI=1S/C12H16O2.CH4/c1-4-14-12(13)11-7-5-10(6-8-11)9(2)3;/h5-9H,4H2,1-3H3;1H4. The molecule has 15 heavy (non-hydrogen) atoms. The Balaban J connectivity index is 0.00000196. The smallest absolute Gasteiger partial charge is 0.338 e. The van der Waals surface area contributed by atoms with E-state index in [1.54, 1.807) is 6.92 Å². The Morgan fingerprint density at radius 1 is 1.27 bits per heavy atom. The molecule has 0 amide bonds. The van der Waals surface area contributed by atoms with E-state index in [0.29, 0.717) is 18.1 Å². The van der Waals surface area contributed by atoms with Crippen molar-refractivity contribution in [2.24, 2.45) is 0 Å². The number of ether oxygens (including phenoxy) is 1. The molecule has 84 valence electrons. The van der Waals surface area contributed by atoms with Crippen molar-refractivity contribution >= 4 is 5.97 Å². The highest BCUT2D eigenvalue weighted by atomic mass is 16.5. The van der Waals surface area contributed by atoms with Crippen molar-refractivity contribution in [1.82, 2.24) is 0 Å². The molecule has 0 aromatic heterocycles. The molecule has 2 heteroatoms. The van der Waals surface area contributed by atoms with Gasteiger partial charge in [0.15, 0.2) is 0 Å². The molecule has 0 unspecified atom stereocenters. The van der Waals surface area contributed by atoms with E-state index in [0.717, 1.165) is 0 Å². The lowest BCUT2D eigenvalue weighted by molar-refractivity contribution is 0.0526. The summed E-state index contributed by atoms with van der Waals surface area (Å²) < 4.78 is 4.89. The molecule has 0 spiro atoms. The summed E-state index contributed by atoms with van der Waals surface area (Å²) in [7, 11) is 0. The van der Waals surface area contributed by atoms with Crippen LogP contribution < -0.4 is 0 Å². The van der Waals surface area contributed by atoms with Gasteiger partial charge in [0.1, 0.15) is 0 Å². The average Bonchev–Trinajstić information content (AvgIpc) is 2.18. The number of hydrogen-bond acceptors (Lipinski definition) is 2. The van der Waals surface area contributed by atoms with E-state index >= 15 is 0 Å². The SMILES string of the molecule is C.CCOC(=O)c1ccc(C(C)C)cc1. The van der Waals surface area contributed by atoms with Crippen molar-refractivity contribution in [3.8, 4) is 0 Å².